The molecule has 0 radical (unpaired) electrons. The topological polar surface area (TPSA) is 51.0 Å². The fourth-order valence-electron chi connectivity index (χ4n) is 5.84. The molecule has 3 fully saturated rings. The molecule has 1 aliphatic carbocycles. The fourth-order valence-corrected chi connectivity index (χ4v) is 7.70. The maximum absolute atomic E-state index is 13.1. The highest BCUT2D eigenvalue weighted by Gasteiger charge is 2.46. The molecule has 3 aliphatic rings. The molecular weight excluding hydrogens is 449 g/mol. The van der Waals surface area contributed by atoms with E-state index in [4.69, 9.17) is 0 Å². The number of nitrogens with zero attached hydrogens (tertiary/aromatic N) is 4. The van der Waals surface area contributed by atoms with Crippen molar-refractivity contribution in [3.63, 3.8) is 0 Å². The van der Waals surface area contributed by atoms with Crippen molar-refractivity contribution in [2.24, 2.45) is 5.41 Å². The minimum absolute atomic E-state index is 0.118. The Bertz CT molecular complexity index is 1030. The van der Waals surface area contributed by atoms with Crippen molar-refractivity contribution in [3.8, 4) is 11.4 Å². The van der Waals surface area contributed by atoms with Gasteiger partial charge in [0.25, 0.3) is 0 Å². The van der Waals surface area contributed by atoms with Gasteiger partial charge < -0.3 is 4.90 Å². The van der Waals surface area contributed by atoms with E-state index in [2.05, 4.69) is 28.8 Å². The summed E-state index contributed by atoms with van der Waals surface area (Å²) < 4.78 is 53.0. The minimum atomic E-state index is -4.47. The van der Waals surface area contributed by atoms with Crippen LogP contribution in [0.2, 0.25) is 0 Å². The van der Waals surface area contributed by atoms with Gasteiger partial charge in [0.15, 0.2) is 0 Å². The van der Waals surface area contributed by atoms with Gasteiger partial charge in [0.05, 0.1) is 5.69 Å². The Kier molecular flexibility index (Phi) is 5.92. The first-order chi connectivity index (χ1) is 15.6. The highest BCUT2D eigenvalue weighted by molar-refractivity contribution is 7.86. The molecule has 180 valence electrons. The molecular formula is C24H31F3N4OS. The molecule has 4 heterocycles. The Balaban J connectivity index is 1.32. The van der Waals surface area contributed by atoms with Gasteiger partial charge in [-0.3, -0.25) is 8.89 Å². The van der Waals surface area contributed by atoms with Crippen LogP contribution in [-0.4, -0.2) is 54.5 Å². The summed E-state index contributed by atoms with van der Waals surface area (Å²) in [5.41, 5.74) is 1.32. The second kappa shape index (κ2) is 8.48. The average molecular weight is 481 g/mol. The predicted octanol–water partition coefficient (Wildman–Crippen LogP) is 5.03. The SMILES string of the molecule is CC(C)n1nc(-c2cccc(C(F)(F)F)n2)cc1[C@H]1CCC(N2CCC3(CC2)CS(=O)C3)C1. The lowest BCUT2D eigenvalue weighted by Crippen LogP contribution is -2.53. The molecule has 2 saturated heterocycles. The highest BCUT2D eigenvalue weighted by atomic mass is 32.2. The Morgan fingerprint density at radius 3 is 2.48 bits per heavy atom. The second-order valence-electron chi connectivity index (χ2n) is 10.3. The van der Waals surface area contributed by atoms with Gasteiger partial charge in [-0.25, -0.2) is 4.98 Å². The molecule has 5 nitrogen and oxygen atoms in total. The van der Waals surface area contributed by atoms with Crippen LogP contribution in [0.5, 0.6) is 0 Å². The Morgan fingerprint density at radius 2 is 1.85 bits per heavy atom. The van der Waals surface area contributed by atoms with Crippen LogP contribution in [0, 0.1) is 5.41 Å². The van der Waals surface area contributed by atoms with Gasteiger partial charge in [-0.2, -0.15) is 18.3 Å². The minimum Gasteiger partial charge on any atom is -0.300 e. The zero-order valence-electron chi connectivity index (χ0n) is 19.1. The van der Waals surface area contributed by atoms with E-state index in [0.29, 0.717) is 23.1 Å². The summed E-state index contributed by atoms with van der Waals surface area (Å²) in [5, 5.41) is 4.67. The molecule has 33 heavy (non-hydrogen) atoms. The summed E-state index contributed by atoms with van der Waals surface area (Å²) >= 11 is 0. The molecule has 0 N–H and O–H groups in total. The van der Waals surface area contributed by atoms with Crippen molar-refractivity contribution in [3.05, 3.63) is 35.7 Å². The van der Waals surface area contributed by atoms with E-state index in [1.165, 1.54) is 6.07 Å². The van der Waals surface area contributed by atoms with Gasteiger partial charge in [-0.15, -0.1) is 0 Å². The van der Waals surface area contributed by atoms with Crippen LogP contribution in [0.3, 0.4) is 0 Å². The molecule has 2 atom stereocenters. The number of alkyl halides is 3. The molecule has 9 heteroatoms. The van der Waals surface area contributed by atoms with Crippen molar-refractivity contribution in [1.29, 1.82) is 0 Å². The van der Waals surface area contributed by atoms with E-state index in [1.54, 1.807) is 6.07 Å². The van der Waals surface area contributed by atoms with E-state index in [-0.39, 0.29) is 11.7 Å². The number of piperidine rings is 1. The van der Waals surface area contributed by atoms with Crippen molar-refractivity contribution < 1.29 is 17.4 Å². The quantitative estimate of drug-likeness (QED) is 0.616. The zero-order chi connectivity index (χ0) is 23.4. The zero-order valence-corrected chi connectivity index (χ0v) is 20.0. The summed E-state index contributed by atoms with van der Waals surface area (Å²) in [7, 11) is -0.596. The van der Waals surface area contributed by atoms with E-state index in [0.717, 1.165) is 68.5 Å². The maximum atomic E-state index is 13.1. The van der Waals surface area contributed by atoms with Crippen LogP contribution in [0.15, 0.2) is 24.3 Å². The molecule has 2 aromatic rings. The molecule has 0 amide bonds. The number of halogens is 3. The Hall–Kier alpha value is -1.74. The molecule has 2 aromatic heterocycles. The van der Waals surface area contributed by atoms with Gasteiger partial charge in [0, 0.05) is 46.0 Å². The van der Waals surface area contributed by atoms with Gasteiger partial charge in [0.1, 0.15) is 11.4 Å². The second-order valence-corrected chi connectivity index (χ2v) is 11.8. The third-order valence-corrected chi connectivity index (χ3v) is 9.56. The Labute approximate surface area is 195 Å². The standard InChI is InChI=1S/C24H31F3N4OS/c1-16(2)31-21(13-20(29-31)19-4-3-5-22(28-19)24(25,26)27)17-6-7-18(12-17)30-10-8-23(9-11-30)14-33(32)15-23/h3-5,13,16-18H,6-12,14-15H2,1-2H3/t17-,18?/m0/s1. The van der Waals surface area contributed by atoms with Crippen LogP contribution in [0.4, 0.5) is 13.2 Å². The third-order valence-electron chi connectivity index (χ3n) is 7.69. The first-order valence-electron chi connectivity index (χ1n) is 11.9. The van der Waals surface area contributed by atoms with E-state index in [1.807, 2.05) is 10.7 Å². The maximum Gasteiger partial charge on any atom is 0.433 e. The summed E-state index contributed by atoms with van der Waals surface area (Å²) in [5.74, 6) is 2.11. The lowest BCUT2D eigenvalue weighted by molar-refractivity contribution is -0.141. The summed E-state index contributed by atoms with van der Waals surface area (Å²) in [4.78, 5) is 6.45. The summed E-state index contributed by atoms with van der Waals surface area (Å²) in [6, 6.07) is 6.59. The highest BCUT2D eigenvalue weighted by Crippen LogP contribution is 2.44. The smallest absolute Gasteiger partial charge is 0.300 e. The van der Waals surface area contributed by atoms with E-state index in [9.17, 15) is 17.4 Å². The van der Waals surface area contributed by atoms with E-state index >= 15 is 0 Å². The predicted molar refractivity (Wildman–Crippen MR) is 122 cm³/mol. The van der Waals surface area contributed by atoms with Crippen molar-refractivity contribution in [1.82, 2.24) is 19.7 Å². The number of aromatic nitrogens is 3. The first kappa shape index (κ1) is 23.0. The fraction of sp³-hybridized carbons (Fsp3) is 0.667. The normalized spacial score (nSPS) is 26.2. The number of likely N-dealkylation sites (tertiary alicyclic amines) is 1. The van der Waals surface area contributed by atoms with Crippen LogP contribution in [0.25, 0.3) is 11.4 Å². The van der Waals surface area contributed by atoms with E-state index < -0.39 is 22.7 Å². The number of pyridine rings is 1. The molecule has 1 unspecified atom stereocenters. The number of rotatable bonds is 4. The van der Waals surface area contributed by atoms with Crippen molar-refractivity contribution in [2.45, 2.75) is 70.1 Å². The monoisotopic (exact) mass is 480 g/mol. The van der Waals surface area contributed by atoms with Crippen LogP contribution < -0.4 is 0 Å². The lowest BCUT2D eigenvalue weighted by atomic mass is 9.80. The molecule has 0 bridgehead atoms. The van der Waals surface area contributed by atoms with Gasteiger partial charge >= 0.3 is 6.18 Å². The van der Waals surface area contributed by atoms with Crippen LogP contribution in [-0.2, 0) is 17.0 Å². The molecule has 1 saturated carbocycles. The van der Waals surface area contributed by atoms with Gasteiger partial charge in [-0.1, -0.05) is 6.07 Å². The molecule has 5 rings (SSSR count). The van der Waals surface area contributed by atoms with Crippen LogP contribution >= 0.6 is 0 Å². The van der Waals surface area contributed by atoms with Gasteiger partial charge in [-0.05, 0) is 82.7 Å². The number of hydrogen-bond acceptors (Lipinski definition) is 4. The molecule has 0 aromatic carbocycles. The molecule has 2 aliphatic heterocycles. The summed E-state index contributed by atoms with van der Waals surface area (Å²) in [6.45, 7) is 6.27. The lowest BCUT2D eigenvalue weighted by Gasteiger charge is -2.48. The van der Waals surface area contributed by atoms with Crippen molar-refractivity contribution in [2.75, 3.05) is 24.6 Å². The van der Waals surface area contributed by atoms with Crippen LogP contribution in [0.1, 0.15) is 69.3 Å². The Morgan fingerprint density at radius 1 is 1.12 bits per heavy atom. The number of hydrogen-bond donors (Lipinski definition) is 0. The first-order valence-corrected chi connectivity index (χ1v) is 13.4. The molecule has 1 spiro atoms. The third kappa shape index (κ3) is 4.50. The largest absolute Gasteiger partial charge is 0.433 e. The van der Waals surface area contributed by atoms with Crippen molar-refractivity contribution >= 4 is 10.8 Å². The average Bonchev–Trinajstić information content (AvgIpc) is 3.40. The summed E-state index contributed by atoms with van der Waals surface area (Å²) in [6.07, 6.45) is 1.06. The van der Waals surface area contributed by atoms with Gasteiger partial charge in [0.2, 0.25) is 0 Å².